The number of fused-ring (bicyclic) bond motifs is 4. The van der Waals surface area contributed by atoms with E-state index in [2.05, 4.69) is 232 Å². The number of rotatable bonds is 8. The topological polar surface area (TPSA) is 6.48 Å². The number of nitrogens with zero attached hydrogens (tertiary/aromatic N) is 2. The fourth-order valence-electron chi connectivity index (χ4n) is 8.42. The molecule has 0 bridgehead atoms. The Balaban J connectivity index is 1.03. The normalized spacial score (nSPS) is 12.8. The minimum atomic E-state index is -0.169. The van der Waals surface area contributed by atoms with Gasteiger partial charge in [-0.3, -0.25) is 0 Å². The summed E-state index contributed by atoms with van der Waals surface area (Å²) >= 11 is 0. The Bertz CT molecular complexity index is 2620. The lowest BCUT2D eigenvalue weighted by atomic mass is 9.81. The highest BCUT2D eigenvalue weighted by Crippen LogP contribution is 2.51. The second-order valence-electron chi connectivity index (χ2n) is 15.3. The monoisotopic (exact) mass is 708 g/mol. The van der Waals surface area contributed by atoms with Crippen LogP contribution in [0.2, 0.25) is 0 Å². The van der Waals surface area contributed by atoms with Crippen molar-refractivity contribution in [3.63, 3.8) is 0 Å². The molecule has 0 atom stereocenters. The van der Waals surface area contributed by atoms with Crippen molar-refractivity contribution in [3.05, 3.63) is 215 Å². The summed E-state index contributed by atoms with van der Waals surface area (Å²) in [4.78, 5) is 4.74. The van der Waals surface area contributed by atoms with Crippen molar-refractivity contribution in [3.8, 4) is 11.1 Å². The third-order valence-electron chi connectivity index (χ3n) is 11.1. The number of hydrogen-bond donors (Lipinski definition) is 0. The van der Waals surface area contributed by atoms with Gasteiger partial charge in [-0.15, -0.1) is 0 Å². The Kier molecular flexibility index (Phi) is 8.67. The second kappa shape index (κ2) is 14.0. The maximum absolute atomic E-state index is 2.44. The van der Waals surface area contributed by atoms with Crippen molar-refractivity contribution >= 4 is 57.0 Å². The van der Waals surface area contributed by atoms with Gasteiger partial charge in [0, 0.05) is 39.2 Å². The van der Waals surface area contributed by atoms with Crippen LogP contribution in [0.3, 0.4) is 0 Å². The zero-order valence-corrected chi connectivity index (χ0v) is 31.9. The molecule has 0 saturated carbocycles. The quantitative estimate of drug-likeness (QED) is 0.145. The van der Waals surface area contributed by atoms with E-state index in [1.165, 1.54) is 66.8 Å². The Morgan fingerprint density at radius 1 is 0.400 bits per heavy atom. The molecule has 2 heteroatoms. The minimum Gasteiger partial charge on any atom is -0.311 e. The van der Waals surface area contributed by atoms with E-state index in [1.54, 1.807) is 0 Å². The van der Waals surface area contributed by atoms with Gasteiger partial charge in [-0.2, -0.15) is 0 Å². The lowest BCUT2D eigenvalue weighted by molar-refractivity contribution is 0.660. The van der Waals surface area contributed by atoms with Gasteiger partial charge in [0.2, 0.25) is 0 Å². The van der Waals surface area contributed by atoms with Crippen molar-refractivity contribution in [1.29, 1.82) is 0 Å². The van der Waals surface area contributed by atoms with Crippen molar-refractivity contribution < 1.29 is 0 Å². The van der Waals surface area contributed by atoms with Crippen LogP contribution in [0.1, 0.15) is 47.2 Å². The van der Waals surface area contributed by atoms with E-state index >= 15 is 0 Å². The summed E-state index contributed by atoms with van der Waals surface area (Å²) in [5, 5.41) is 2.48. The fourth-order valence-corrected chi connectivity index (χ4v) is 8.42. The highest BCUT2D eigenvalue weighted by atomic mass is 15.1. The first kappa shape index (κ1) is 34.1. The third-order valence-corrected chi connectivity index (χ3v) is 11.1. The molecule has 0 amide bonds. The van der Waals surface area contributed by atoms with Crippen LogP contribution in [-0.2, 0) is 5.41 Å². The maximum atomic E-state index is 2.44. The zero-order valence-electron chi connectivity index (χ0n) is 31.9. The second-order valence-corrected chi connectivity index (χ2v) is 15.3. The van der Waals surface area contributed by atoms with Crippen LogP contribution >= 0.6 is 0 Å². The maximum Gasteiger partial charge on any atom is 0.0540 e. The molecule has 8 aromatic carbocycles. The summed E-state index contributed by atoms with van der Waals surface area (Å²) in [5.41, 5.74) is 17.0. The molecular weight excluding hydrogens is 665 g/mol. The summed E-state index contributed by atoms with van der Waals surface area (Å²) in [6, 6.07) is 66.1. The van der Waals surface area contributed by atoms with Gasteiger partial charge in [0.15, 0.2) is 0 Å². The van der Waals surface area contributed by atoms with Crippen LogP contribution in [0.4, 0.5) is 34.1 Å². The average Bonchev–Trinajstić information content (AvgIpc) is 3.43. The number of para-hydroxylation sites is 2. The summed E-state index contributed by atoms with van der Waals surface area (Å²) in [5.74, 6) is 0. The zero-order chi connectivity index (χ0) is 37.5. The van der Waals surface area contributed by atoms with Crippen molar-refractivity contribution in [2.75, 3.05) is 9.80 Å². The van der Waals surface area contributed by atoms with E-state index < -0.39 is 0 Å². The van der Waals surface area contributed by atoms with Crippen molar-refractivity contribution in [2.45, 2.75) is 33.1 Å². The van der Waals surface area contributed by atoms with Crippen LogP contribution in [-0.4, -0.2) is 0 Å². The molecule has 0 fully saturated rings. The molecule has 0 heterocycles. The number of aryl methyl sites for hydroxylation is 2. The summed E-state index contributed by atoms with van der Waals surface area (Å²) < 4.78 is 0. The van der Waals surface area contributed by atoms with Gasteiger partial charge in [-0.25, -0.2) is 0 Å². The van der Waals surface area contributed by atoms with Crippen LogP contribution in [0.15, 0.2) is 182 Å². The standard InChI is InChI=1S/C53H44N2/c1-37-32-38(2)34-46(33-37)55(52-21-13-15-41-14-11-12-20-47(41)52)45-29-31-49-48-30-26-40(35-50(48)53(3,4)51(49)36-45)23-22-39-24-27-44(28-25-39)54(42-16-7-5-8-17-42)43-18-9-6-10-19-43/h5-36H,1-4H3. The molecule has 1 aliphatic rings. The summed E-state index contributed by atoms with van der Waals surface area (Å²) in [6.07, 6.45) is 4.47. The van der Waals surface area contributed by atoms with E-state index in [9.17, 15) is 0 Å². The van der Waals surface area contributed by atoms with Gasteiger partial charge in [0.1, 0.15) is 0 Å². The lowest BCUT2D eigenvalue weighted by Gasteiger charge is -2.29. The van der Waals surface area contributed by atoms with Crippen LogP contribution < -0.4 is 9.80 Å². The molecule has 0 radical (unpaired) electrons. The molecular formula is C53H44N2. The van der Waals surface area contributed by atoms with Gasteiger partial charge in [0.05, 0.1) is 5.69 Å². The predicted octanol–water partition coefficient (Wildman–Crippen LogP) is 14.9. The molecule has 0 aromatic heterocycles. The Morgan fingerprint density at radius 2 is 0.927 bits per heavy atom. The third kappa shape index (κ3) is 6.40. The molecule has 9 rings (SSSR count). The first-order valence-electron chi connectivity index (χ1n) is 19.2. The minimum absolute atomic E-state index is 0.169. The molecule has 0 saturated heterocycles. The van der Waals surface area contributed by atoms with Crippen LogP contribution in [0, 0.1) is 13.8 Å². The van der Waals surface area contributed by atoms with E-state index in [1.807, 2.05) is 0 Å². The number of anilines is 6. The van der Waals surface area contributed by atoms with Gasteiger partial charge >= 0.3 is 0 Å². The lowest BCUT2D eigenvalue weighted by Crippen LogP contribution is -2.17. The molecule has 55 heavy (non-hydrogen) atoms. The Labute approximate surface area is 325 Å². The van der Waals surface area contributed by atoms with Gasteiger partial charge in [-0.05, 0) is 130 Å². The molecule has 0 unspecified atom stereocenters. The molecule has 266 valence electrons. The molecule has 2 nitrogen and oxygen atoms in total. The van der Waals surface area contributed by atoms with E-state index in [-0.39, 0.29) is 5.41 Å². The summed E-state index contributed by atoms with van der Waals surface area (Å²) in [7, 11) is 0. The Morgan fingerprint density at radius 3 is 1.62 bits per heavy atom. The molecule has 0 spiro atoms. The average molecular weight is 709 g/mol. The molecule has 1 aliphatic carbocycles. The van der Waals surface area contributed by atoms with Crippen molar-refractivity contribution in [2.24, 2.45) is 0 Å². The van der Waals surface area contributed by atoms with Crippen LogP contribution in [0.25, 0.3) is 34.1 Å². The predicted molar refractivity (Wildman–Crippen MR) is 236 cm³/mol. The fraction of sp³-hybridized carbons (Fsp3) is 0.0943. The van der Waals surface area contributed by atoms with Crippen molar-refractivity contribution in [1.82, 2.24) is 0 Å². The largest absolute Gasteiger partial charge is 0.311 e. The highest BCUT2D eigenvalue weighted by molar-refractivity contribution is 5.99. The van der Waals surface area contributed by atoms with Crippen LogP contribution in [0.5, 0.6) is 0 Å². The smallest absolute Gasteiger partial charge is 0.0540 e. The van der Waals surface area contributed by atoms with E-state index in [0.717, 1.165) is 22.6 Å². The first-order chi connectivity index (χ1) is 26.8. The first-order valence-corrected chi connectivity index (χ1v) is 19.2. The Hall–Kier alpha value is -6.64. The van der Waals surface area contributed by atoms with E-state index in [0.29, 0.717) is 0 Å². The number of benzene rings is 8. The SMILES string of the molecule is Cc1cc(C)cc(N(c2ccc3c(c2)C(C)(C)c2cc(C=Cc4ccc(N(c5ccccc5)c5ccccc5)cc4)ccc2-3)c2cccc3ccccc23)c1. The molecule has 8 aromatic rings. The molecule has 0 aliphatic heterocycles. The highest BCUT2D eigenvalue weighted by Gasteiger charge is 2.36. The van der Waals surface area contributed by atoms with Gasteiger partial charge in [-0.1, -0.05) is 141 Å². The summed E-state index contributed by atoms with van der Waals surface area (Å²) in [6.45, 7) is 9.12. The van der Waals surface area contributed by atoms with Gasteiger partial charge in [0.25, 0.3) is 0 Å². The number of hydrogen-bond acceptors (Lipinski definition) is 2. The van der Waals surface area contributed by atoms with Gasteiger partial charge < -0.3 is 9.80 Å². The van der Waals surface area contributed by atoms with E-state index in [4.69, 9.17) is 0 Å². The molecule has 0 N–H and O–H groups in total.